The summed E-state index contributed by atoms with van der Waals surface area (Å²) in [6.45, 7) is 2.09. The summed E-state index contributed by atoms with van der Waals surface area (Å²) < 4.78 is 25.4. The molecule has 1 nitrogen and oxygen atoms in total. The quantitative estimate of drug-likeness (QED) is 0.714. The van der Waals surface area contributed by atoms with E-state index < -0.39 is 11.3 Å². The Balaban J connectivity index is 2.40. The Morgan fingerprint density at radius 3 is 2.36 bits per heavy atom. The predicted molar refractivity (Wildman–Crippen MR) is 44.1 cm³/mol. The largest absolute Gasteiger partial charge is 0.330 e. The van der Waals surface area contributed by atoms with Crippen LogP contribution in [0.5, 0.6) is 0 Å². The molecule has 0 bridgehead atoms. The molecule has 0 spiro atoms. The Bertz CT molecular complexity index is 151. The molecule has 1 aliphatic rings. The Hall–Kier alpha value is 0.170. The Labute approximate surface area is 69.7 Å². The van der Waals surface area contributed by atoms with Crippen LogP contribution >= 0.6 is 11.8 Å². The molecule has 1 fully saturated rings. The van der Waals surface area contributed by atoms with E-state index in [2.05, 4.69) is 0 Å². The maximum atomic E-state index is 12.7. The third-order valence-corrected chi connectivity index (χ3v) is 3.35. The highest BCUT2D eigenvalue weighted by atomic mass is 32.2. The van der Waals surface area contributed by atoms with Crippen molar-refractivity contribution in [2.24, 2.45) is 11.1 Å². The van der Waals surface area contributed by atoms with Crippen molar-refractivity contribution in [3.63, 3.8) is 0 Å². The SMILES string of the molecule is CCSCC1(CN)CC1(F)F. The lowest BCUT2D eigenvalue weighted by atomic mass is 10.1. The molecule has 0 amide bonds. The highest BCUT2D eigenvalue weighted by Gasteiger charge is 2.69. The second-order valence-corrected chi connectivity index (χ2v) is 4.28. The first kappa shape index (κ1) is 9.26. The molecule has 0 radical (unpaired) electrons. The molecule has 4 heteroatoms. The second-order valence-electron chi connectivity index (χ2n) is 3.00. The zero-order valence-electron chi connectivity index (χ0n) is 6.57. The highest BCUT2D eigenvalue weighted by molar-refractivity contribution is 7.99. The van der Waals surface area contributed by atoms with Crippen LogP contribution in [0.1, 0.15) is 13.3 Å². The summed E-state index contributed by atoms with van der Waals surface area (Å²) in [6, 6.07) is 0. The van der Waals surface area contributed by atoms with Gasteiger partial charge in [-0.3, -0.25) is 0 Å². The van der Waals surface area contributed by atoms with E-state index in [1.807, 2.05) is 6.92 Å². The lowest BCUT2D eigenvalue weighted by molar-refractivity contribution is 0.0744. The fourth-order valence-electron chi connectivity index (χ4n) is 1.12. The van der Waals surface area contributed by atoms with Gasteiger partial charge in [0.25, 0.3) is 5.92 Å². The predicted octanol–water partition coefficient (Wildman–Crippen LogP) is 1.72. The summed E-state index contributed by atoms with van der Waals surface area (Å²) in [7, 11) is 0. The van der Waals surface area contributed by atoms with Gasteiger partial charge in [0.1, 0.15) is 0 Å². The molecule has 0 aromatic rings. The molecule has 0 saturated heterocycles. The molecular weight excluding hydrogens is 168 g/mol. The van der Waals surface area contributed by atoms with Crippen LogP contribution in [-0.4, -0.2) is 24.0 Å². The summed E-state index contributed by atoms with van der Waals surface area (Å²) in [6.07, 6.45) is -0.0104. The first-order valence-corrected chi connectivity index (χ1v) is 4.89. The van der Waals surface area contributed by atoms with Gasteiger partial charge in [-0.25, -0.2) is 8.78 Å². The second kappa shape index (κ2) is 2.90. The third-order valence-electron chi connectivity index (χ3n) is 2.18. The molecule has 1 saturated carbocycles. The van der Waals surface area contributed by atoms with Crippen molar-refractivity contribution in [1.82, 2.24) is 0 Å². The molecule has 1 rings (SSSR count). The van der Waals surface area contributed by atoms with Gasteiger partial charge in [0, 0.05) is 18.7 Å². The number of nitrogens with two attached hydrogens (primary N) is 1. The van der Waals surface area contributed by atoms with Crippen molar-refractivity contribution in [2.45, 2.75) is 19.3 Å². The summed E-state index contributed by atoms with van der Waals surface area (Å²) in [5.74, 6) is -1.09. The van der Waals surface area contributed by atoms with Gasteiger partial charge in [0.2, 0.25) is 0 Å². The highest BCUT2D eigenvalue weighted by Crippen LogP contribution is 2.61. The molecule has 1 atom stereocenters. The van der Waals surface area contributed by atoms with Crippen molar-refractivity contribution in [2.75, 3.05) is 18.1 Å². The monoisotopic (exact) mass is 181 g/mol. The standard InChI is InChI=1S/C7H13F2NS/c1-2-11-5-6(4-10)3-7(6,8)9/h2-5,10H2,1H3. The molecular formula is C7H13F2NS. The van der Waals surface area contributed by atoms with Gasteiger partial charge in [0.15, 0.2) is 0 Å². The van der Waals surface area contributed by atoms with Crippen LogP contribution in [0, 0.1) is 5.41 Å². The molecule has 66 valence electrons. The van der Waals surface area contributed by atoms with E-state index in [0.29, 0.717) is 5.75 Å². The van der Waals surface area contributed by atoms with Gasteiger partial charge >= 0.3 is 0 Å². The number of thioether (sulfide) groups is 1. The van der Waals surface area contributed by atoms with Crippen LogP contribution in [0.4, 0.5) is 8.78 Å². The molecule has 0 aromatic heterocycles. The molecule has 1 aliphatic carbocycles. The summed E-state index contributed by atoms with van der Waals surface area (Å²) in [4.78, 5) is 0. The fourth-order valence-corrected chi connectivity index (χ4v) is 2.14. The topological polar surface area (TPSA) is 26.0 Å². The van der Waals surface area contributed by atoms with Gasteiger partial charge in [-0.1, -0.05) is 6.92 Å². The first-order chi connectivity index (χ1) is 5.08. The number of halogens is 2. The molecule has 0 aromatic carbocycles. The normalized spacial score (nSPS) is 33.8. The van der Waals surface area contributed by atoms with Gasteiger partial charge in [-0.15, -0.1) is 0 Å². The minimum atomic E-state index is -2.48. The average Bonchev–Trinajstić information content (AvgIpc) is 2.50. The number of alkyl halides is 2. The van der Waals surface area contributed by atoms with E-state index in [1.165, 1.54) is 0 Å². The minimum Gasteiger partial charge on any atom is -0.330 e. The van der Waals surface area contributed by atoms with Crippen LogP contribution in [0.25, 0.3) is 0 Å². The lowest BCUT2D eigenvalue weighted by Gasteiger charge is -2.11. The molecule has 2 N–H and O–H groups in total. The van der Waals surface area contributed by atoms with Crippen molar-refractivity contribution in [3.05, 3.63) is 0 Å². The van der Waals surface area contributed by atoms with Gasteiger partial charge in [-0.05, 0) is 5.75 Å². The smallest absolute Gasteiger partial charge is 0.256 e. The molecule has 0 heterocycles. The number of rotatable bonds is 4. The van der Waals surface area contributed by atoms with Crippen LogP contribution in [0.3, 0.4) is 0 Å². The Morgan fingerprint density at radius 2 is 2.09 bits per heavy atom. The summed E-state index contributed by atoms with van der Waals surface area (Å²) >= 11 is 1.54. The van der Waals surface area contributed by atoms with Crippen molar-refractivity contribution in [1.29, 1.82) is 0 Å². The van der Waals surface area contributed by atoms with Crippen LogP contribution < -0.4 is 5.73 Å². The number of hydrogen-bond donors (Lipinski definition) is 1. The summed E-state index contributed by atoms with van der Waals surface area (Å²) in [5.41, 5.74) is 4.44. The number of hydrogen-bond acceptors (Lipinski definition) is 2. The summed E-state index contributed by atoms with van der Waals surface area (Å²) in [5, 5.41) is 0. The lowest BCUT2D eigenvalue weighted by Crippen LogP contribution is -2.24. The molecule has 11 heavy (non-hydrogen) atoms. The van der Waals surface area contributed by atoms with E-state index in [0.717, 1.165) is 5.75 Å². The van der Waals surface area contributed by atoms with Crippen LogP contribution in [0.2, 0.25) is 0 Å². The Morgan fingerprint density at radius 1 is 1.55 bits per heavy atom. The van der Waals surface area contributed by atoms with Gasteiger partial charge < -0.3 is 5.73 Å². The molecule has 1 unspecified atom stereocenters. The Kier molecular flexibility index (Phi) is 2.44. The zero-order chi connectivity index (χ0) is 8.54. The van der Waals surface area contributed by atoms with Crippen molar-refractivity contribution in [3.8, 4) is 0 Å². The maximum absolute atomic E-state index is 12.7. The van der Waals surface area contributed by atoms with E-state index in [-0.39, 0.29) is 13.0 Å². The third kappa shape index (κ3) is 1.51. The van der Waals surface area contributed by atoms with Crippen LogP contribution in [0.15, 0.2) is 0 Å². The van der Waals surface area contributed by atoms with Crippen LogP contribution in [-0.2, 0) is 0 Å². The van der Waals surface area contributed by atoms with E-state index >= 15 is 0 Å². The van der Waals surface area contributed by atoms with E-state index in [9.17, 15) is 8.78 Å². The van der Waals surface area contributed by atoms with Gasteiger partial charge in [-0.2, -0.15) is 11.8 Å². The first-order valence-electron chi connectivity index (χ1n) is 3.73. The van der Waals surface area contributed by atoms with Gasteiger partial charge in [0.05, 0.1) is 5.41 Å². The van der Waals surface area contributed by atoms with Crippen molar-refractivity contribution >= 4 is 11.8 Å². The van der Waals surface area contributed by atoms with E-state index in [4.69, 9.17) is 5.73 Å². The molecule has 0 aliphatic heterocycles. The fraction of sp³-hybridized carbons (Fsp3) is 1.00. The van der Waals surface area contributed by atoms with E-state index in [1.54, 1.807) is 11.8 Å². The van der Waals surface area contributed by atoms with Crippen molar-refractivity contribution < 1.29 is 8.78 Å². The maximum Gasteiger partial charge on any atom is 0.256 e. The average molecular weight is 181 g/mol. The minimum absolute atomic E-state index is 0.0104. The zero-order valence-corrected chi connectivity index (χ0v) is 7.39.